The molecule has 1 N–H and O–H groups in total. The Balaban J connectivity index is 2.20. The largest absolute Gasteiger partial charge is 0.494 e. The summed E-state index contributed by atoms with van der Waals surface area (Å²) in [6.07, 6.45) is 2.38. The van der Waals surface area contributed by atoms with E-state index in [1.54, 1.807) is 12.3 Å². The van der Waals surface area contributed by atoms with E-state index in [0.717, 1.165) is 17.1 Å². The molecule has 2 aromatic rings. The lowest BCUT2D eigenvalue weighted by Crippen LogP contribution is -2.20. The van der Waals surface area contributed by atoms with Crippen molar-refractivity contribution in [2.75, 3.05) is 14.2 Å². The highest BCUT2D eigenvalue weighted by atomic mass is 19.1. The molecule has 4 nitrogen and oxygen atoms in total. The maximum Gasteiger partial charge on any atom is 0.165 e. The van der Waals surface area contributed by atoms with Crippen molar-refractivity contribution in [3.05, 3.63) is 53.4 Å². The van der Waals surface area contributed by atoms with Gasteiger partial charge in [-0.2, -0.15) is 0 Å². The van der Waals surface area contributed by atoms with Gasteiger partial charge in [0.05, 0.1) is 18.8 Å². The minimum absolute atomic E-state index is 0.0181. The molecule has 1 aromatic carbocycles. The van der Waals surface area contributed by atoms with E-state index in [4.69, 9.17) is 4.74 Å². The summed E-state index contributed by atoms with van der Waals surface area (Å²) in [4.78, 5) is 8.49. The number of likely N-dealkylation sites (N-methyl/N-ethyl adjacent to an activating group) is 1. The van der Waals surface area contributed by atoms with E-state index < -0.39 is 0 Å². The van der Waals surface area contributed by atoms with Crippen LogP contribution in [0.3, 0.4) is 0 Å². The molecule has 5 heteroatoms. The Bertz CT molecular complexity index is 589. The highest BCUT2D eigenvalue weighted by Crippen LogP contribution is 2.21. The number of halogens is 1. The Morgan fingerprint density at radius 1 is 1.35 bits per heavy atom. The van der Waals surface area contributed by atoms with Crippen LogP contribution in [-0.4, -0.2) is 24.1 Å². The van der Waals surface area contributed by atoms with E-state index in [-0.39, 0.29) is 17.6 Å². The molecule has 106 valence electrons. The minimum Gasteiger partial charge on any atom is -0.494 e. The lowest BCUT2D eigenvalue weighted by Gasteiger charge is -2.16. The molecule has 0 radical (unpaired) electrons. The lowest BCUT2D eigenvalue weighted by atomic mass is 10.0. The molecule has 0 bridgehead atoms. The number of methoxy groups -OCH3 is 1. The summed E-state index contributed by atoms with van der Waals surface area (Å²) in [6, 6.07) is 6.89. The normalized spacial score (nSPS) is 12.2. The van der Waals surface area contributed by atoms with Crippen LogP contribution >= 0.6 is 0 Å². The van der Waals surface area contributed by atoms with Gasteiger partial charge in [0.15, 0.2) is 11.6 Å². The van der Waals surface area contributed by atoms with Crippen LogP contribution in [0.4, 0.5) is 4.39 Å². The van der Waals surface area contributed by atoms with Crippen LogP contribution in [0.5, 0.6) is 5.75 Å². The number of benzene rings is 1. The summed E-state index contributed by atoms with van der Waals surface area (Å²) < 4.78 is 18.6. The van der Waals surface area contributed by atoms with Crippen molar-refractivity contribution < 1.29 is 9.13 Å². The first-order valence-electron chi connectivity index (χ1n) is 6.43. The Morgan fingerprint density at radius 2 is 2.15 bits per heavy atom. The van der Waals surface area contributed by atoms with Crippen molar-refractivity contribution in [2.45, 2.75) is 19.4 Å². The van der Waals surface area contributed by atoms with Gasteiger partial charge in [0, 0.05) is 6.20 Å². The van der Waals surface area contributed by atoms with Crippen LogP contribution in [0.15, 0.2) is 30.5 Å². The fourth-order valence-corrected chi connectivity index (χ4v) is 2.10. The smallest absolute Gasteiger partial charge is 0.165 e. The first-order valence-corrected chi connectivity index (χ1v) is 6.43. The first-order chi connectivity index (χ1) is 9.63. The monoisotopic (exact) mass is 275 g/mol. The van der Waals surface area contributed by atoms with Gasteiger partial charge in [0.1, 0.15) is 5.82 Å². The summed E-state index contributed by atoms with van der Waals surface area (Å²) in [7, 11) is 3.32. The van der Waals surface area contributed by atoms with Gasteiger partial charge in [0.2, 0.25) is 0 Å². The van der Waals surface area contributed by atoms with E-state index in [2.05, 4.69) is 15.3 Å². The SMILES string of the molecule is CNC(Cc1ccc(OC)c(F)c1)c1ccnc(C)n1. The van der Waals surface area contributed by atoms with Crippen molar-refractivity contribution in [2.24, 2.45) is 0 Å². The maximum atomic E-state index is 13.7. The number of nitrogens with one attached hydrogen (secondary N) is 1. The summed E-state index contributed by atoms with van der Waals surface area (Å²) in [5.41, 5.74) is 1.79. The maximum absolute atomic E-state index is 13.7. The van der Waals surface area contributed by atoms with Gasteiger partial charge < -0.3 is 10.1 Å². The highest BCUT2D eigenvalue weighted by Gasteiger charge is 2.13. The first kappa shape index (κ1) is 14.4. The van der Waals surface area contributed by atoms with Crippen molar-refractivity contribution in [3.63, 3.8) is 0 Å². The molecule has 2 rings (SSSR count). The number of aryl methyl sites for hydroxylation is 1. The number of hydrogen-bond acceptors (Lipinski definition) is 4. The molecule has 1 aromatic heterocycles. The van der Waals surface area contributed by atoms with Gasteiger partial charge in [-0.1, -0.05) is 6.07 Å². The summed E-state index contributed by atoms with van der Waals surface area (Å²) in [5, 5.41) is 3.20. The van der Waals surface area contributed by atoms with Gasteiger partial charge >= 0.3 is 0 Å². The number of rotatable bonds is 5. The predicted molar refractivity (Wildman–Crippen MR) is 75.2 cm³/mol. The summed E-state index contributed by atoms with van der Waals surface area (Å²) in [5.74, 6) is 0.634. The van der Waals surface area contributed by atoms with Gasteiger partial charge in [-0.25, -0.2) is 14.4 Å². The molecule has 1 heterocycles. The molecule has 1 unspecified atom stereocenters. The molecule has 0 fully saturated rings. The standard InChI is InChI=1S/C15H18FN3O/c1-10-18-7-6-13(19-10)14(17-2)9-11-4-5-15(20-3)12(16)8-11/h4-8,14,17H,9H2,1-3H3. The van der Waals surface area contributed by atoms with Gasteiger partial charge in [-0.15, -0.1) is 0 Å². The van der Waals surface area contributed by atoms with E-state index in [0.29, 0.717) is 6.42 Å². The number of nitrogens with zero attached hydrogens (tertiary/aromatic N) is 2. The summed E-state index contributed by atoms with van der Waals surface area (Å²) >= 11 is 0. The van der Waals surface area contributed by atoms with Gasteiger partial charge in [0.25, 0.3) is 0 Å². The van der Waals surface area contributed by atoms with E-state index in [1.807, 2.05) is 26.1 Å². The molecular weight excluding hydrogens is 257 g/mol. The second-order valence-electron chi connectivity index (χ2n) is 4.54. The lowest BCUT2D eigenvalue weighted by molar-refractivity contribution is 0.386. The van der Waals surface area contributed by atoms with Crippen LogP contribution in [0, 0.1) is 12.7 Å². The minimum atomic E-state index is -0.348. The molecule has 0 aliphatic rings. The Kier molecular flexibility index (Phi) is 4.63. The van der Waals surface area contributed by atoms with Crippen LogP contribution in [0.1, 0.15) is 23.1 Å². The molecule has 0 amide bonds. The Labute approximate surface area is 118 Å². The van der Waals surface area contributed by atoms with Crippen LogP contribution < -0.4 is 10.1 Å². The molecule has 0 saturated heterocycles. The second kappa shape index (κ2) is 6.43. The molecule has 20 heavy (non-hydrogen) atoms. The molecular formula is C15H18FN3O. The van der Waals surface area contributed by atoms with Crippen LogP contribution in [-0.2, 0) is 6.42 Å². The third-order valence-corrected chi connectivity index (χ3v) is 3.16. The second-order valence-corrected chi connectivity index (χ2v) is 4.54. The van der Waals surface area contributed by atoms with Crippen molar-refractivity contribution in [3.8, 4) is 5.75 Å². The number of aromatic nitrogens is 2. The van der Waals surface area contributed by atoms with Crippen molar-refractivity contribution >= 4 is 0 Å². The van der Waals surface area contributed by atoms with Crippen molar-refractivity contribution in [1.82, 2.24) is 15.3 Å². The molecule has 0 spiro atoms. The molecule has 0 aliphatic carbocycles. The fraction of sp³-hybridized carbons (Fsp3) is 0.333. The van der Waals surface area contributed by atoms with E-state index in [1.165, 1.54) is 13.2 Å². The Hall–Kier alpha value is -2.01. The molecule has 0 aliphatic heterocycles. The molecule has 1 atom stereocenters. The van der Waals surface area contributed by atoms with Gasteiger partial charge in [-0.3, -0.25) is 0 Å². The number of hydrogen-bond donors (Lipinski definition) is 1. The fourth-order valence-electron chi connectivity index (χ4n) is 2.10. The zero-order valence-electron chi connectivity index (χ0n) is 11.9. The zero-order chi connectivity index (χ0) is 14.5. The average Bonchev–Trinajstić information content (AvgIpc) is 2.45. The van der Waals surface area contributed by atoms with Gasteiger partial charge in [-0.05, 0) is 44.2 Å². The average molecular weight is 275 g/mol. The third-order valence-electron chi connectivity index (χ3n) is 3.16. The molecule has 0 saturated carbocycles. The van der Waals surface area contributed by atoms with Crippen LogP contribution in [0.25, 0.3) is 0 Å². The predicted octanol–water partition coefficient (Wildman–Crippen LogP) is 2.44. The summed E-state index contributed by atoms with van der Waals surface area (Å²) in [6.45, 7) is 1.85. The third kappa shape index (κ3) is 3.30. The highest BCUT2D eigenvalue weighted by molar-refractivity contribution is 5.30. The van der Waals surface area contributed by atoms with Crippen molar-refractivity contribution in [1.29, 1.82) is 0 Å². The van der Waals surface area contributed by atoms with Crippen LogP contribution in [0.2, 0.25) is 0 Å². The topological polar surface area (TPSA) is 47.0 Å². The van der Waals surface area contributed by atoms with E-state index in [9.17, 15) is 4.39 Å². The zero-order valence-corrected chi connectivity index (χ0v) is 11.9. The number of ether oxygens (including phenoxy) is 1. The Morgan fingerprint density at radius 3 is 2.75 bits per heavy atom. The van der Waals surface area contributed by atoms with E-state index >= 15 is 0 Å². The quantitative estimate of drug-likeness (QED) is 0.910.